The Balaban J connectivity index is 1.63. The van der Waals surface area contributed by atoms with E-state index in [-0.39, 0.29) is 10.8 Å². The predicted octanol–water partition coefficient (Wildman–Crippen LogP) is 2.90. The van der Waals surface area contributed by atoms with Crippen LogP contribution in [0, 0.1) is 5.92 Å². The highest BCUT2D eigenvalue weighted by molar-refractivity contribution is 7.92. The molecule has 0 unspecified atom stereocenters. The molecule has 28 heavy (non-hydrogen) atoms. The molecule has 1 heterocycles. The van der Waals surface area contributed by atoms with E-state index in [4.69, 9.17) is 0 Å². The highest BCUT2D eigenvalue weighted by atomic mass is 32.2. The molecule has 0 aromatic heterocycles. The van der Waals surface area contributed by atoms with Crippen molar-refractivity contribution >= 4 is 21.6 Å². The van der Waals surface area contributed by atoms with Gasteiger partial charge in [0, 0.05) is 44.0 Å². The molecule has 1 saturated heterocycles. The van der Waals surface area contributed by atoms with Crippen molar-refractivity contribution in [3.63, 3.8) is 0 Å². The van der Waals surface area contributed by atoms with Crippen LogP contribution < -0.4 is 4.72 Å². The van der Waals surface area contributed by atoms with E-state index in [9.17, 15) is 13.2 Å². The minimum Gasteiger partial charge on any atom is -0.336 e. The molecule has 1 aliphatic heterocycles. The van der Waals surface area contributed by atoms with Gasteiger partial charge in [0.15, 0.2) is 0 Å². The minimum atomic E-state index is -3.68. The van der Waals surface area contributed by atoms with Gasteiger partial charge in [-0.3, -0.25) is 14.4 Å². The van der Waals surface area contributed by atoms with E-state index in [1.165, 1.54) is 12.1 Å². The zero-order valence-electron chi connectivity index (χ0n) is 16.3. The maximum atomic E-state index is 12.7. The molecule has 2 aromatic rings. The first-order valence-electron chi connectivity index (χ1n) is 9.55. The van der Waals surface area contributed by atoms with Gasteiger partial charge in [0.05, 0.1) is 4.90 Å². The van der Waals surface area contributed by atoms with Crippen LogP contribution in [0.4, 0.5) is 5.69 Å². The third-order valence-electron chi connectivity index (χ3n) is 4.72. The van der Waals surface area contributed by atoms with Crippen molar-refractivity contribution in [3.8, 4) is 0 Å². The van der Waals surface area contributed by atoms with Gasteiger partial charge in [-0.05, 0) is 42.3 Å². The summed E-state index contributed by atoms with van der Waals surface area (Å²) in [4.78, 5) is 17.1. The van der Waals surface area contributed by atoms with E-state index in [1.807, 2.05) is 11.0 Å². The molecule has 3 rings (SSSR count). The largest absolute Gasteiger partial charge is 0.336 e. The molecule has 6 nitrogen and oxygen atoms in total. The molecule has 0 saturated carbocycles. The minimum absolute atomic E-state index is 0.0517. The van der Waals surface area contributed by atoms with Crippen LogP contribution in [0.2, 0.25) is 0 Å². The van der Waals surface area contributed by atoms with Crippen molar-refractivity contribution in [3.05, 3.63) is 60.2 Å². The summed E-state index contributed by atoms with van der Waals surface area (Å²) in [6, 6.07) is 14.9. The van der Waals surface area contributed by atoms with Crippen LogP contribution >= 0.6 is 0 Å². The summed E-state index contributed by atoms with van der Waals surface area (Å²) in [5, 5.41) is 0. The number of carbonyl (C=O) groups is 1. The Labute approximate surface area is 167 Å². The number of para-hydroxylation sites is 1. The van der Waals surface area contributed by atoms with Gasteiger partial charge in [-0.15, -0.1) is 0 Å². The second-order valence-electron chi connectivity index (χ2n) is 7.48. The Bertz CT molecular complexity index is 888. The molecule has 1 aliphatic rings. The monoisotopic (exact) mass is 401 g/mol. The van der Waals surface area contributed by atoms with E-state index in [2.05, 4.69) is 23.5 Å². The van der Waals surface area contributed by atoms with Gasteiger partial charge in [0.25, 0.3) is 15.9 Å². The lowest BCUT2D eigenvalue weighted by molar-refractivity contribution is 0.0623. The molecular weight excluding hydrogens is 374 g/mol. The van der Waals surface area contributed by atoms with E-state index in [0.717, 1.165) is 19.6 Å². The van der Waals surface area contributed by atoms with Gasteiger partial charge in [0.1, 0.15) is 0 Å². The standard InChI is InChI=1S/C21H27N3O3S/c1-17(2)16-23-12-14-24(15-13-23)21(25)18-8-10-20(11-9-18)28(26,27)22-19-6-4-3-5-7-19/h3-11,17,22H,12-16H2,1-2H3. The number of nitrogens with zero attached hydrogens (tertiary/aromatic N) is 2. The number of amides is 1. The number of nitrogens with one attached hydrogen (secondary N) is 1. The van der Waals surface area contributed by atoms with Gasteiger partial charge in [0.2, 0.25) is 0 Å². The molecule has 2 aromatic carbocycles. The highest BCUT2D eigenvalue weighted by Crippen LogP contribution is 2.17. The number of piperazine rings is 1. The van der Waals surface area contributed by atoms with Crippen molar-refractivity contribution in [2.45, 2.75) is 18.7 Å². The first-order valence-corrected chi connectivity index (χ1v) is 11.0. The summed E-state index contributed by atoms with van der Waals surface area (Å²) in [5.41, 5.74) is 1.01. The third kappa shape index (κ3) is 5.11. The molecule has 1 N–H and O–H groups in total. The maximum absolute atomic E-state index is 12.7. The van der Waals surface area contributed by atoms with Crippen molar-refractivity contribution < 1.29 is 13.2 Å². The lowest BCUT2D eigenvalue weighted by Gasteiger charge is -2.35. The molecule has 0 spiro atoms. The average Bonchev–Trinajstić information content (AvgIpc) is 2.68. The highest BCUT2D eigenvalue weighted by Gasteiger charge is 2.23. The number of hydrogen-bond donors (Lipinski definition) is 1. The Hall–Kier alpha value is -2.38. The first kappa shape index (κ1) is 20.4. The zero-order valence-corrected chi connectivity index (χ0v) is 17.2. The average molecular weight is 402 g/mol. The van der Waals surface area contributed by atoms with E-state index >= 15 is 0 Å². The second-order valence-corrected chi connectivity index (χ2v) is 9.16. The third-order valence-corrected chi connectivity index (χ3v) is 6.12. The van der Waals surface area contributed by atoms with Gasteiger partial charge in [-0.2, -0.15) is 0 Å². The lowest BCUT2D eigenvalue weighted by atomic mass is 10.1. The fourth-order valence-corrected chi connectivity index (χ4v) is 4.39. The zero-order chi connectivity index (χ0) is 20.1. The first-order chi connectivity index (χ1) is 13.3. The summed E-state index contributed by atoms with van der Waals surface area (Å²) >= 11 is 0. The summed E-state index contributed by atoms with van der Waals surface area (Å²) < 4.78 is 27.5. The summed E-state index contributed by atoms with van der Waals surface area (Å²) in [6.07, 6.45) is 0. The van der Waals surface area contributed by atoms with E-state index < -0.39 is 10.0 Å². The Morgan fingerprint density at radius 1 is 0.964 bits per heavy atom. The molecule has 7 heteroatoms. The molecule has 1 fully saturated rings. The van der Waals surface area contributed by atoms with Crippen molar-refractivity contribution in [2.24, 2.45) is 5.92 Å². The van der Waals surface area contributed by atoms with Crippen LogP contribution in [0.1, 0.15) is 24.2 Å². The topological polar surface area (TPSA) is 69.7 Å². The molecule has 0 aliphatic carbocycles. The van der Waals surface area contributed by atoms with Crippen LogP contribution in [-0.2, 0) is 10.0 Å². The fraction of sp³-hybridized carbons (Fsp3) is 0.381. The predicted molar refractivity (Wildman–Crippen MR) is 111 cm³/mol. The van der Waals surface area contributed by atoms with Gasteiger partial charge < -0.3 is 4.90 Å². The van der Waals surface area contributed by atoms with Crippen molar-refractivity contribution in [1.82, 2.24) is 9.80 Å². The SMILES string of the molecule is CC(C)CN1CCN(C(=O)c2ccc(S(=O)(=O)Nc3ccccc3)cc2)CC1. The number of anilines is 1. The van der Waals surface area contributed by atoms with Crippen molar-refractivity contribution in [1.29, 1.82) is 0 Å². The summed E-state index contributed by atoms with van der Waals surface area (Å²) in [6.45, 7) is 8.57. The second kappa shape index (κ2) is 8.75. The van der Waals surface area contributed by atoms with Gasteiger partial charge >= 0.3 is 0 Å². The smallest absolute Gasteiger partial charge is 0.261 e. The molecule has 1 amide bonds. The quantitative estimate of drug-likeness (QED) is 0.808. The number of hydrogen-bond acceptors (Lipinski definition) is 4. The van der Waals surface area contributed by atoms with Crippen LogP contribution in [0.3, 0.4) is 0 Å². The molecule has 150 valence electrons. The number of carbonyl (C=O) groups excluding carboxylic acids is 1. The number of benzene rings is 2. The number of sulfonamides is 1. The van der Waals surface area contributed by atoms with Crippen LogP contribution in [-0.4, -0.2) is 56.8 Å². The van der Waals surface area contributed by atoms with E-state index in [1.54, 1.807) is 36.4 Å². The van der Waals surface area contributed by atoms with Gasteiger partial charge in [-0.25, -0.2) is 8.42 Å². The van der Waals surface area contributed by atoms with Crippen molar-refractivity contribution in [2.75, 3.05) is 37.4 Å². The van der Waals surface area contributed by atoms with Crippen LogP contribution in [0.25, 0.3) is 0 Å². The fourth-order valence-electron chi connectivity index (χ4n) is 3.33. The Kier molecular flexibility index (Phi) is 6.36. The lowest BCUT2D eigenvalue weighted by Crippen LogP contribution is -2.49. The Morgan fingerprint density at radius 3 is 2.14 bits per heavy atom. The van der Waals surface area contributed by atoms with Gasteiger partial charge in [-0.1, -0.05) is 32.0 Å². The Morgan fingerprint density at radius 2 is 1.57 bits per heavy atom. The van der Waals surface area contributed by atoms with Crippen LogP contribution in [0.15, 0.2) is 59.5 Å². The number of rotatable bonds is 6. The molecular formula is C21H27N3O3S. The summed E-state index contributed by atoms with van der Waals surface area (Å²) in [5.74, 6) is 0.561. The molecule has 0 bridgehead atoms. The molecule has 0 atom stereocenters. The molecule has 0 radical (unpaired) electrons. The normalized spacial score (nSPS) is 15.6. The maximum Gasteiger partial charge on any atom is 0.261 e. The van der Waals surface area contributed by atoms with Crippen LogP contribution in [0.5, 0.6) is 0 Å². The van der Waals surface area contributed by atoms with E-state index in [0.29, 0.717) is 30.3 Å². The summed E-state index contributed by atoms with van der Waals surface area (Å²) in [7, 11) is -3.68.